The van der Waals surface area contributed by atoms with Crippen molar-refractivity contribution in [3.8, 4) is 0 Å². The molecule has 0 spiro atoms. The first-order chi connectivity index (χ1) is 11.1. The summed E-state index contributed by atoms with van der Waals surface area (Å²) >= 11 is 0. The van der Waals surface area contributed by atoms with Gasteiger partial charge in [-0.15, -0.1) is 0 Å². The third-order valence-electron chi connectivity index (χ3n) is 4.10. The first-order valence-electron chi connectivity index (χ1n) is 7.71. The first kappa shape index (κ1) is 15.6. The Labute approximate surface area is 133 Å². The predicted molar refractivity (Wildman–Crippen MR) is 83.5 cm³/mol. The van der Waals surface area contributed by atoms with E-state index in [1.807, 2.05) is 18.2 Å². The van der Waals surface area contributed by atoms with Gasteiger partial charge >= 0.3 is 5.97 Å². The number of aliphatic carboxylic acids is 1. The van der Waals surface area contributed by atoms with Gasteiger partial charge in [-0.25, -0.2) is 0 Å². The van der Waals surface area contributed by atoms with Gasteiger partial charge in [-0.2, -0.15) is 0 Å². The zero-order valence-corrected chi connectivity index (χ0v) is 12.9. The average molecular weight is 317 g/mol. The SMILES string of the molecule is CCc1ccc2occ(C(=O)N3CCOC(CC(=O)O)C3)c2c1. The Kier molecular flexibility index (Phi) is 4.34. The van der Waals surface area contributed by atoms with Crippen LogP contribution < -0.4 is 0 Å². The molecule has 0 aliphatic carbocycles. The minimum Gasteiger partial charge on any atom is -0.481 e. The molecule has 6 heteroatoms. The molecule has 0 bridgehead atoms. The molecule has 1 aromatic carbocycles. The minimum absolute atomic E-state index is 0.101. The van der Waals surface area contributed by atoms with Crippen LogP contribution in [-0.4, -0.2) is 47.7 Å². The number of ether oxygens (including phenoxy) is 1. The molecule has 1 aromatic heterocycles. The van der Waals surface area contributed by atoms with Gasteiger partial charge in [-0.3, -0.25) is 9.59 Å². The van der Waals surface area contributed by atoms with Crippen molar-refractivity contribution < 1.29 is 23.8 Å². The van der Waals surface area contributed by atoms with Gasteiger partial charge < -0.3 is 19.2 Å². The lowest BCUT2D eigenvalue weighted by Crippen LogP contribution is -2.46. The summed E-state index contributed by atoms with van der Waals surface area (Å²) in [4.78, 5) is 25.2. The number of furan rings is 1. The standard InChI is InChI=1S/C17H19NO5/c1-2-11-3-4-15-13(7-11)14(10-23-15)17(21)18-5-6-22-12(9-18)8-16(19)20/h3-4,7,10,12H,2,5-6,8-9H2,1H3,(H,19,20). The number of fused-ring (bicyclic) bond motifs is 1. The molecule has 2 heterocycles. The summed E-state index contributed by atoms with van der Waals surface area (Å²) in [5.74, 6) is -1.07. The van der Waals surface area contributed by atoms with Gasteiger partial charge in [0.15, 0.2) is 0 Å². The second-order valence-electron chi connectivity index (χ2n) is 5.68. The van der Waals surface area contributed by atoms with E-state index in [1.54, 1.807) is 4.90 Å². The lowest BCUT2D eigenvalue weighted by atomic mass is 10.1. The molecule has 3 rings (SSSR count). The molecule has 1 N–H and O–H groups in total. The van der Waals surface area contributed by atoms with Gasteiger partial charge in [-0.05, 0) is 24.1 Å². The van der Waals surface area contributed by atoms with E-state index in [-0.39, 0.29) is 18.9 Å². The molecule has 1 amide bonds. The molecule has 0 saturated carbocycles. The van der Waals surface area contributed by atoms with Crippen molar-refractivity contribution in [2.45, 2.75) is 25.9 Å². The van der Waals surface area contributed by atoms with Crippen molar-refractivity contribution in [3.63, 3.8) is 0 Å². The topological polar surface area (TPSA) is 80.0 Å². The third-order valence-corrected chi connectivity index (χ3v) is 4.10. The molecular formula is C17H19NO5. The summed E-state index contributed by atoms with van der Waals surface area (Å²) in [6.07, 6.45) is 1.80. The molecule has 1 atom stereocenters. The summed E-state index contributed by atoms with van der Waals surface area (Å²) < 4.78 is 10.9. The quantitative estimate of drug-likeness (QED) is 0.936. The van der Waals surface area contributed by atoms with Gasteiger partial charge in [0.2, 0.25) is 0 Å². The minimum atomic E-state index is -0.925. The number of rotatable bonds is 4. The maximum atomic E-state index is 12.8. The van der Waals surface area contributed by atoms with Gasteiger partial charge in [-0.1, -0.05) is 13.0 Å². The van der Waals surface area contributed by atoms with Gasteiger partial charge in [0.25, 0.3) is 5.91 Å². The number of amides is 1. The number of carbonyl (C=O) groups excluding carboxylic acids is 1. The van der Waals surface area contributed by atoms with E-state index in [2.05, 4.69) is 6.92 Å². The van der Waals surface area contributed by atoms with Crippen LogP contribution >= 0.6 is 0 Å². The molecule has 6 nitrogen and oxygen atoms in total. The van der Waals surface area contributed by atoms with Crippen LogP contribution in [0.3, 0.4) is 0 Å². The van der Waals surface area contributed by atoms with Crippen molar-refractivity contribution >= 4 is 22.8 Å². The third kappa shape index (κ3) is 3.22. The van der Waals surface area contributed by atoms with E-state index in [4.69, 9.17) is 14.3 Å². The highest BCUT2D eigenvalue weighted by Gasteiger charge is 2.28. The Balaban J connectivity index is 1.83. The molecule has 1 fully saturated rings. The van der Waals surface area contributed by atoms with Crippen LogP contribution in [0.15, 0.2) is 28.9 Å². The van der Waals surface area contributed by atoms with Gasteiger partial charge in [0.05, 0.1) is 24.7 Å². The van der Waals surface area contributed by atoms with E-state index < -0.39 is 12.1 Å². The fourth-order valence-corrected chi connectivity index (χ4v) is 2.85. The van der Waals surface area contributed by atoms with Crippen LogP contribution in [-0.2, 0) is 16.0 Å². The first-order valence-corrected chi connectivity index (χ1v) is 7.71. The molecule has 1 unspecified atom stereocenters. The number of carboxylic acids is 1. The smallest absolute Gasteiger partial charge is 0.306 e. The maximum Gasteiger partial charge on any atom is 0.306 e. The normalized spacial score (nSPS) is 18.3. The van der Waals surface area contributed by atoms with Crippen LogP contribution in [0.1, 0.15) is 29.3 Å². The number of morpholine rings is 1. The molecular weight excluding hydrogens is 298 g/mol. The summed E-state index contributed by atoms with van der Waals surface area (Å²) in [7, 11) is 0. The monoisotopic (exact) mass is 317 g/mol. The van der Waals surface area contributed by atoms with E-state index >= 15 is 0 Å². The van der Waals surface area contributed by atoms with Crippen molar-refractivity contribution in [2.24, 2.45) is 0 Å². The summed E-state index contributed by atoms with van der Waals surface area (Å²) in [6.45, 7) is 3.14. The Morgan fingerprint density at radius 2 is 2.22 bits per heavy atom. The van der Waals surface area contributed by atoms with E-state index in [9.17, 15) is 9.59 Å². The molecule has 23 heavy (non-hydrogen) atoms. The van der Waals surface area contributed by atoms with E-state index in [0.29, 0.717) is 24.3 Å². The number of aryl methyl sites for hydroxylation is 1. The Morgan fingerprint density at radius 1 is 1.39 bits per heavy atom. The Bertz CT molecular complexity index is 736. The highest BCUT2D eigenvalue weighted by Crippen LogP contribution is 2.25. The van der Waals surface area contributed by atoms with Crippen LogP contribution in [0, 0.1) is 0 Å². The Morgan fingerprint density at radius 3 is 2.96 bits per heavy atom. The number of benzene rings is 1. The zero-order valence-electron chi connectivity index (χ0n) is 12.9. The fraction of sp³-hybridized carbons (Fsp3) is 0.412. The largest absolute Gasteiger partial charge is 0.481 e. The highest BCUT2D eigenvalue weighted by molar-refractivity contribution is 6.06. The molecule has 0 radical (unpaired) electrons. The molecule has 1 aliphatic heterocycles. The van der Waals surface area contributed by atoms with Crippen molar-refractivity contribution in [1.82, 2.24) is 4.90 Å². The number of carbonyl (C=O) groups is 2. The van der Waals surface area contributed by atoms with Crippen LogP contribution in [0.5, 0.6) is 0 Å². The number of nitrogens with zero attached hydrogens (tertiary/aromatic N) is 1. The lowest BCUT2D eigenvalue weighted by Gasteiger charge is -2.32. The maximum absolute atomic E-state index is 12.8. The Hall–Kier alpha value is -2.34. The number of carboxylic acid groups (broad SMARTS) is 1. The molecule has 1 aliphatic rings. The van der Waals surface area contributed by atoms with Gasteiger partial charge in [0.1, 0.15) is 11.8 Å². The fourth-order valence-electron chi connectivity index (χ4n) is 2.85. The summed E-state index contributed by atoms with van der Waals surface area (Å²) in [5.41, 5.74) is 2.34. The van der Waals surface area contributed by atoms with Crippen molar-refractivity contribution in [1.29, 1.82) is 0 Å². The highest BCUT2D eigenvalue weighted by atomic mass is 16.5. The van der Waals surface area contributed by atoms with Crippen molar-refractivity contribution in [3.05, 3.63) is 35.6 Å². The molecule has 122 valence electrons. The van der Waals surface area contributed by atoms with Crippen LogP contribution in [0.25, 0.3) is 11.0 Å². The second kappa shape index (κ2) is 6.42. The molecule has 2 aromatic rings. The summed E-state index contributed by atoms with van der Waals surface area (Å²) in [5, 5.41) is 9.68. The van der Waals surface area contributed by atoms with E-state index in [0.717, 1.165) is 17.4 Å². The average Bonchev–Trinajstić information content (AvgIpc) is 2.96. The van der Waals surface area contributed by atoms with Crippen LogP contribution in [0.4, 0.5) is 0 Å². The summed E-state index contributed by atoms with van der Waals surface area (Å²) in [6, 6.07) is 5.83. The van der Waals surface area contributed by atoms with Crippen LogP contribution in [0.2, 0.25) is 0 Å². The molecule has 1 saturated heterocycles. The number of hydrogen-bond donors (Lipinski definition) is 1. The number of hydrogen-bond acceptors (Lipinski definition) is 4. The predicted octanol–water partition coefficient (Wildman–Crippen LogP) is 2.31. The second-order valence-corrected chi connectivity index (χ2v) is 5.68. The van der Waals surface area contributed by atoms with Gasteiger partial charge in [0, 0.05) is 18.5 Å². The van der Waals surface area contributed by atoms with E-state index in [1.165, 1.54) is 6.26 Å². The van der Waals surface area contributed by atoms with Crippen molar-refractivity contribution in [2.75, 3.05) is 19.7 Å². The zero-order chi connectivity index (χ0) is 16.4. The lowest BCUT2D eigenvalue weighted by molar-refractivity contribution is -0.141.